The molecule has 0 bridgehead atoms. The van der Waals surface area contributed by atoms with Crippen molar-refractivity contribution in [2.75, 3.05) is 0 Å². The lowest BCUT2D eigenvalue weighted by Crippen LogP contribution is -2.11. The fourth-order valence-electron chi connectivity index (χ4n) is 1.46. The van der Waals surface area contributed by atoms with Crippen LogP contribution in [0.3, 0.4) is 0 Å². The van der Waals surface area contributed by atoms with Crippen LogP contribution in [0.25, 0.3) is 0 Å². The van der Waals surface area contributed by atoms with E-state index in [2.05, 4.69) is 6.58 Å². The van der Waals surface area contributed by atoms with E-state index in [-0.39, 0.29) is 5.69 Å². The normalized spacial score (nSPS) is 11.7. The van der Waals surface area contributed by atoms with Crippen LogP contribution < -0.4 is 0 Å². The molecule has 0 fully saturated rings. The second kappa shape index (κ2) is 5.95. The van der Waals surface area contributed by atoms with Gasteiger partial charge >= 0.3 is 5.97 Å². The number of benzene rings is 1. The lowest BCUT2D eigenvalue weighted by Gasteiger charge is -2.16. The third kappa shape index (κ3) is 3.41. The summed E-state index contributed by atoms with van der Waals surface area (Å²) in [7, 11) is 0. The predicted octanol–water partition coefficient (Wildman–Crippen LogP) is 3.17. The van der Waals surface area contributed by atoms with E-state index in [4.69, 9.17) is 4.74 Å². The summed E-state index contributed by atoms with van der Waals surface area (Å²) in [5, 5.41) is 10.7. The second-order valence-electron chi connectivity index (χ2n) is 3.93. The number of rotatable bonds is 5. The first kappa shape index (κ1) is 13.9. The molecule has 0 saturated carbocycles. The number of carbonyl (C=O) groups excluding carboxylic acids is 1. The Labute approximate surface area is 105 Å². The number of carbonyl (C=O) groups is 1. The molecule has 1 unspecified atom stereocenters. The minimum atomic E-state index is -0.492. The fourth-order valence-corrected chi connectivity index (χ4v) is 1.46. The molecule has 1 aromatic rings. The minimum Gasteiger partial charge on any atom is -0.454 e. The zero-order valence-corrected chi connectivity index (χ0v) is 10.4. The zero-order valence-electron chi connectivity index (χ0n) is 10.4. The first-order valence-electron chi connectivity index (χ1n) is 5.56. The number of non-ortho nitro benzene ring substituents is 1. The van der Waals surface area contributed by atoms with Crippen LogP contribution >= 0.6 is 0 Å². The van der Waals surface area contributed by atoms with Gasteiger partial charge in [0.25, 0.3) is 5.69 Å². The molecular formula is C13H15NO4. The lowest BCUT2D eigenvalue weighted by molar-refractivity contribution is -0.385. The van der Waals surface area contributed by atoms with Crippen LogP contribution in [0.15, 0.2) is 36.4 Å². The number of hydrogen-bond donors (Lipinski definition) is 0. The number of ether oxygens (including phenoxy) is 1. The van der Waals surface area contributed by atoms with Crippen LogP contribution in [0.5, 0.6) is 0 Å². The summed E-state index contributed by atoms with van der Waals surface area (Å²) in [5.74, 6) is -0.492. The molecular weight excluding hydrogens is 234 g/mol. The van der Waals surface area contributed by atoms with Gasteiger partial charge in [-0.25, -0.2) is 4.79 Å². The van der Waals surface area contributed by atoms with Gasteiger partial charge in [-0.1, -0.05) is 25.6 Å². The van der Waals surface area contributed by atoms with E-state index in [9.17, 15) is 14.9 Å². The van der Waals surface area contributed by atoms with Gasteiger partial charge in [-0.3, -0.25) is 10.1 Å². The fraction of sp³-hybridized carbons (Fsp3) is 0.308. The highest BCUT2D eigenvalue weighted by atomic mass is 16.6. The number of esters is 1. The molecule has 0 N–H and O–H groups in total. The summed E-state index contributed by atoms with van der Waals surface area (Å²) in [4.78, 5) is 21.7. The molecule has 0 amide bonds. The van der Waals surface area contributed by atoms with Crippen molar-refractivity contribution in [3.05, 3.63) is 52.1 Å². The summed E-state index contributed by atoms with van der Waals surface area (Å²) >= 11 is 0. The van der Waals surface area contributed by atoms with Crippen LogP contribution in [-0.4, -0.2) is 10.9 Å². The highest BCUT2D eigenvalue weighted by molar-refractivity contribution is 5.87. The molecule has 5 nitrogen and oxygen atoms in total. The van der Waals surface area contributed by atoms with Crippen molar-refractivity contribution in [1.82, 2.24) is 0 Å². The highest BCUT2D eigenvalue weighted by Gasteiger charge is 2.17. The summed E-state index contributed by atoms with van der Waals surface area (Å²) in [6.07, 6.45) is 0.0503. The van der Waals surface area contributed by atoms with E-state index >= 15 is 0 Å². The van der Waals surface area contributed by atoms with E-state index < -0.39 is 17.0 Å². The second-order valence-corrected chi connectivity index (χ2v) is 3.93. The number of nitro benzene ring substituents is 1. The largest absolute Gasteiger partial charge is 0.454 e. The lowest BCUT2D eigenvalue weighted by atomic mass is 10.1. The molecule has 18 heavy (non-hydrogen) atoms. The average Bonchev–Trinajstić information content (AvgIpc) is 2.35. The molecule has 5 heteroatoms. The van der Waals surface area contributed by atoms with Crippen molar-refractivity contribution >= 4 is 11.7 Å². The standard InChI is InChI=1S/C13H15NO4/c1-4-12(18-13(15)9(2)3)10-6-5-7-11(8-10)14(16)17/h5-8,12H,2,4H2,1,3H3. The van der Waals surface area contributed by atoms with Crippen LogP contribution in [-0.2, 0) is 9.53 Å². The topological polar surface area (TPSA) is 69.4 Å². The van der Waals surface area contributed by atoms with E-state index in [0.29, 0.717) is 17.6 Å². The third-order valence-electron chi connectivity index (χ3n) is 2.42. The van der Waals surface area contributed by atoms with Crippen molar-refractivity contribution in [1.29, 1.82) is 0 Å². The molecule has 0 aliphatic rings. The van der Waals surface area contributed by atoms with Gasteiger partial charge in [-0.05, 0) is 18.9 Å². The van der Waals surface area contributed by atoms with Crippen molar-refractivity contribution < 1.29 is 14.5 Å². The maximum Gasteiger partial charge on any atom is 0.333 e. The summed E-state index contributed by atoms with van der Waals surface area (Å²) in [5.41, 5.74) is 0.900. The highest BCUT2D eigenvalue weighted by Crippen LogP contribution is 2.25. The van der Waals surface area contributed by atoms with Gasteiger partial charge in [0.15, 0.2) is 0 Å². The number of hydrogen-bond acceptors (Lipinski definition) is 4. The number of nitrogens with zero attached hydrogens (tertiary/aromatic N) is 1. The maximum absolute atomic E-state index is 11.4. The molecule has 96 valence electrons. The number of nitro groups is 1. The van der Waals surface area contributed by atoms with E-state index in [1.54, 1.807) is 19.1 Å². The van der Waals surface area contributed by atoms with Crippen molar-refractivity contribution in [3.63, 3.8) is 0 Å². The maximum atomic E-state index is 11.4. The van der Waals surface area contributed by atoms with Gasteiger partial charge in [-0.2, -0.15) is 0 Å². The van der Waals surface area contributed by atoms with E-state index in [0.717, 1.165) is 0 Å². The molecule has 0 heterocycles. The molecule has 0 aliphatic carbocycles. The van der Waals surface area contributed by atoms with E-state index in [1.165, 1.54) is 12.1 Å². The van der Waals surface area contributed by atoms with Gasteiger partial charge < -0.3 is 4.74 Å². The van der Waals surface area contributed by atoms with E-state index in [1.807, 2.05) is 6.92 Å². The molecule has 0 saturated heterocycles. The monoisotopic (exact) mass is 249 g/mol. The Hall–Kier alpha value is -2.17. The molecule has 0 spiro atoms. The Balaban J connectivity index is 2.95. The Kier molecular flexibility index (Phi) is 4.59. The zero-order chi connectivity index (χ0) is 13.7. The Bertz CT molecular complexity index is 482. The van der Waals surface area contributed by atoms with Gasteiger partial charge in [0.1, 0.15) is 6.10 Å². The van der Waals surface area contributed by atoms with Gasteiger partial charge in [-0.15, -0.1) is 0 Å². The molecule has 0 aromatic heterocycles. The average molecular weight is 249 g/mol. The Morgan fingerprint density at radius 3 is 2.72 bits per heavy atom. The molecule has 1 rings (SSSR count). The van der Waals surface area contributed by atoms with Crippen LogP contribution in [0, 0.1) is 10.1 Å². The van der Waals surface area contributed by atoms with Crippen LogP contribution in [0.4, 0.5) is 5.69 Å². The summed E-state index contributed by atoms with van der Waals surface area (Å²) < 4.78 is 5.22. The quantitative estimate of drug-likeness (QED) is 0.348. The minimum absolute atomic E-state index is 0.0164. The third-order valence-corrected chi connectivity index (χ3v) is 2.42. The van der Waals surface area contributed by atoms with Gasteiger partial charge in [0.2, 0.25) is 0 Å². The van der Waals surface area contributed by atoms with Crippen molar-refractivity contribution in [3.8, 4) is 0 Å². The predicted molar refractivity (Wildman–Crippen MR) is 67.0 cm³/mol. The summed E-state index contributed by atoms with van der Waals surface area (Å²) in [6, 6.07) is 6.09. The van der Waals surface area contributed by atoms with Gasteiger partial charge in [0, 0.05) is 17.7 Å². The molecule has 1 atom stereocenters. The Morgan fingerprint density at radius 2 is 2.22 bits per heavy atom. The van der Waals surface area contributed by atoms with Crippen LogP contribution in [0.2, 0.25) is 0 Å². The molecule has 1 aromatic carbocycles. The molecule has 0 radical (unpaired) electrons. The first-order chi connectivity index (χ1) is 8.45. The molecule has 0 aliphatic heterocycles. The van der Waals surface area contributed by atoms with Gasteiger partial charge in [0.05, 0.1) is 4.92 Å². The SMILES string of the molecule is C=C(C)C(=O)OC(CC)c1cccc([N+](=O)[O-])c1. The smallest absolute Gasteiger partial charge is 0.333 e. The Morgan fingerprint density at radius 1 is 1.56 bits per heavy atom. The van der Waals surface area contributed by atoms with Crippen molar-refractivity contribution in [2.45, 2.75) is 26.4 Å². The summed E-state index contributed by atoms with van der Waals surface area (Å²) in [6.45, 7) is 6.90. The van der Waals surface area contributed by atoms with Crippen molar-refractivity contribution in [2.24, 2.45) is 0 Å². The van der Waals surface area contributed by atoms with Crippen LogP contribution in [0.1, 0.15) is 31.9 Å². The first-order valence-corrected chi connectivity index (χ1v) is 5.56.